The van der Waals surface area contributed by atoms with E-state index in [0.717, 1.165) is 54.0 Å². The second kappa shape index (κ2) is 5.51. The molecular formula is C24H27NO4. The molecule has 29 heavy (non-hydrogen) atoms. The zero-order valence-electron chi connectivity index (χ0n) is 17.3. The van der Waals surface area contributed by atoms with Crippen molar-refractivity contribution in [2.24, 2.45) is 23.2 Å². The minimum absolute atomic E-state index is 0.0326. The third-order valence-electron chi connectivity index (χ3n) is 8.63. The Morgan fingerprint density at radius 3 is 2.86 bits per heavy atom. The lowest BCUT2D eigenvalue weighted by molar-refractivity contribution is -0.136. The van der Waals surface area contributed by atoms with Gasteiger partial charge in [0.2, 0.25) is 0 Å². The molecule has 0 aromatic heterocycles. The van der Waals surface area contributed by atoms with Gasteiger partial charge in [-0.2, -0.15) is 0 Å². The summed E-state index contributed by atoms with van der Waals surface area (Å²) < 4.78 is 11.3. The summed E-state index contributed by atoms with van der Waals surface area (Å²) >= 11 is 0. The van der Waals surface area contributed by atoms with Crippen molar-refractivity contribution in [3.05, 3.63) is 45.8 Å². The summed E-state index contributed by atoms with van der Waals surface area (Å²) in [7, 11) is 1.41. The van der Waals surface area contributed by atoms with Gasteiger partial charge in [0.15, 0.2) is 5.78 Å². The van der Waals surface area contributed by atoms with Crippen LogP contribution in [0.3, 0.4) is 0 Å². The van der Waals surface area contributed by atoms with Crippen LogP contribution in [0.2, 0.25) is 0 Å². The van der Waals surface area contributed by atoms with Gasteiger partial charge in [-0.1, -0.05) is 20.4 Å². The monoisotopic (exact) mass is 393 g/mol. The van der Waals surface area contributed by atoms with E-state index in [1.54, 1.807) is 0 Å². The van der Waals surface area contributed by atoms with Crippen LogP contribution in [-0.2, 0) is 19.1 Å². The van der Waals surface area contributed by atoms with Crippen LogP contribution in [-0.4, -0.2) is 49.5 Å². The lowest BCUT2D eigenvalue weighted by atomic mass is 9.65. The minimum atomic E-state index is -0.387. The Morgan fingerprint density at radius 2 is 2.10 bits per heavy atom. The van der Waals surface area contributed by atoms with E-state index in [1.807, 2.05) is 0 Å². The molecule has 3 aliphatic heterocycles. The first kappa shape index (κ1) is 17.7. The number of carbonyl (C=O) groups excluding carboxylic acids is 2. The number of hydrogen-bond donors (Lipinski definition) is 0. The third kappa shape index (κ3) is 1.91. The Kier molecular flexibility index (Phi) is 3.36. The summed E-state index contributed by atoms with van der Waals surface area (Å²) in [5, 5.41) is 0. The zero-order chi connectivity index (χ0) is 20.2. The van der Waals surface area contributed by atoms with Crippen LogP contribution >= 0.6 is 0 Å². The second-order valence-corrected chi connectivity index (χ2v) is 9.84. The maximum absolute atomic E-state index is 14.0. The first-order valence-electron chi connectivity index (χ1n) is 10.8. The largest absolute Gasteiger partial charge is 0.492 e. The smallest absolute Gasteiger partial charge is 0.338 e. The Labute approximate surface area is 171 Å². The number of fused-ring (bicyclic) bond motifs is 1. The predicted octanol–water partition coefficient (Wildman–Crippen LogP) is 2.95. The van der Waals surface area contributed by atoms with E-state index in [0.29, 0.717) is 36.1 Å². The van der Waals surface area contributed by atoms with E-state index in [1.165, 1.54) is 7.11 Å². The van der Waals surface area contributed by atoms with Crippen molar-refractivity contribution in [1.82, 2.24) is 4.90 Å². The van der Waals surface area contributed by atoms with E-state index < -0.39 is 0 Å². The third-order valence-corrected chi connectivity index (χ3v) is 8.63. The highest BCUT2D eigenvalue weighted by Crippen LogP contribution is 2.65. The zero-order valence-corrected chi connectivity index (χ0v) is 17.3. The first-order chi connectivity index (χ1) is 13.9. The molecule has 0 aromatic rings. The van der Waals surface area contributed by atoms with Gasteiger partial charge in [-0.15, -0.1) is 0 Å². The molecule has 2 fully saturated rings. The molecule has 0 saturated carbocycles. The van der Waals surface area contributed by atoms with E-state index in [2.05, 4.69) is 25.3 Å². The molecule has 5 heteroatoms. The lowest BCUT2D eigenvalue weighted by Gasteiger charge is -2.43. The SMILES string of the molecule is C=C1C[C@@H]2CN3C[C@@H](C)[C@H]4C[C@@H]3[C@]2(C)C2=C(C4=O)C(C(=O)OC)=C3CCOC1=C32. The van der Waals surface area contributed by atoms with Crippen LogP contribution in [0.5, 0.6) is 0 Å². The predicted molar refractivity (Wildman–Crippen MR) is 107 cm³/mol. The van der Waals surface area contributed by atoms with Crippen molar-refractivity contribution in [2.75, 3.05) is 26.8 Å². The van der Waals surface area contributed by atoms with Gasteiger partial charge < -0.3 is 9.47 Å². The molecule has 3 aliphatic carbocycles. The molecule has 0 N–H and O–H groups in total. The molecule has 6 rings (SSSR count). The average Bonchev–Trinajstić information content (AvgIpc) is 3.13. The van der Waals surface area contributed by atoms with Crippen LogP contribution < -0.4 is 0 Å². The summed E-state index contributed by atoms with van der Waals surface area (Å²) in [5.74, 6) is 1.20. The van der Waals surface area contributed by atoms with Crippen molar-refractivity contribution in [2.45, 2.75) is 39.2 Å². The van der Waals surface area contributed by atoms with Crippen molar-refractivity contribution >= 4 is 11.8 Å². The maximum atomic E-state index is 14.0. The Bertz CT molecular complexity index is 998. The number of allylic oxidation sites excluding steroid dienone is 2. The molecule has 2 bridgehead atoms. The Morgan fingerprint density at radius 1 is 1.31 bits per heavy atom. The highest BCUT2D eigenvalue weighted by molar-refractivity contribution is 6.15. The van der Waals surface area contributed by atoms with E-state index in [4.69, 9.17) is 9.47 Å². The van der Waals surface area contributed by atoms with Crippen molar-refractivity contribution < 1.29 is 19.1 Å². The number of ketones is 1. The molecule has 5 nitrogen and oxygen atoms in total. The fraction of sp³-hybridized carbons (Fsp3) is 0.583. The van der Waals surface area contributed by atoms with Crippen LogP contribution in [0.1, 0.15) is 33.1 Å². The number of rotatable bonds is 1. The summed E-state index contributed by atoms with van der Waals surface area (Å²) in [4.78, 5) is 29.5. The molecule has 5 atom stereocenters. The number of ether oxygens (including phenoxy) is 2. The van der Waals surface area contributed by atoms with Gasteiger partial charge in [0.05, 0.1) is 19.3 Å². The molecule has 0 aromatic carbocycles. The topological polar surface area (TPSA) is 55.8 Å². The number of esters is 1. The molecule has 0 radical (unpaired) electrons. The molecule has 2 saturated heterocycles. The molecule has 3 heterocycles. The van der Waals surface area contributed by atoms with Crippen molar-refractivity contribution in [1.29, 1.82) is 0 Å². The van der Waals surface area contributed by atoms with Crippen molar-refractivity contribution in [3.8, 4) is 0 Å². The molecular weight excluding hydrogens is 366 g/mol. The summed E-state index contributed by atoms with van der Waals surface area (Å²) in [6.07, 6.45) is 2.39. The molecule has 0 unspecified atom stereocenters. The Balaban J connectivity index is 1.74. The van der Waals surface area contributed by atoms with Gasteiger partial charge in [-0.05, 0) is 41.4 Å². The second-order valence-electron chi connectivity index (χ2n) is 9.84. The average molecular weight is 393 g/mol. The maximum Gasteiger partial charge on any atom is 0.338 e. The quantitative estimate of drug-likeness (QED) is 0.641. The fourth-order valence-electron chi connectivity index (χ4n) is 7.30. The van der Waals surface area contributed by atoms with Crippen molar-refractivity contribution in [3.63, 3.8) is 0 Å². The van der Waals surface area contributed by atoms with E-state index >= 15 is 0 Å². The van der Waals surface area contributed by atoms with Gasteiger partial charge >= 0.3 is 5.97 Å². The van der Waals surface area contributed by atoms with Crippen LogP contribution in [0.15, 0.2) is 45.8 Å². The van der Waals surface area contributed by atoms with E-state index in [-0.39, 0.29) is 29.0 Å². The molecule has 0 spiro atoms. The standard InChI is InChI=1S/C24H27NO4/c1-11-7-13-10-25-9-12(2)15-8-16(25)24(13,3)20-18-14(5-6-29-22(11)18)17(23(27)28-4)19(20)21(15)26/h12-13,15-16H,1,5-10H2,2-4H3/t12-,13-,15-,16-,24-/m1/s1. The molecule has 0 amide bonds. The molecule has 6 aliphatic rings. The summed E-state index contributed by atoms with van der Waals surface area (Å²) in [6, 6.07) is 0.324. The number of piperidine rings is 1. The summed E-state index contributed by atoms with van der Waals surface area (Å²) in [6.45, 7) is 11.4. The normalized spacial score (nSPS) is 40.2. The summed E-state index contributed by atoms with van der Waals surface area (Å²) in [5.41, 5.74) is 5.00. The van der Waals surface area contributed by atoms with Gasteiger partial charge in [0.1, 0.15) is 5.76 Å². The first-order valence-corrected chi connectivity index (χ1v) is 10.8. The van der Waals surface area contributed by atoms with Gasteiger partial charge in [0, 0.05) is 48.0 Å². The highest BCUT2D eigenvalue weighted by Gasteiger charge is 2.63. The number of carbonyl (C=O) groups is 2. The van der Waals surface area contributed by atoms with Crippen LogP contribution in [0.4, 0.5) is 0 Å². The van der Waals surface area contributed by atoms with Crippen LogP contribution in [0.25, 0.3) is 0 Å². The van der Waals surface area contributed by atoms with Crippen LogP contribution in [0, 0.1) is 23.2 Å². The number of methoxy groups -OCH3 is 1. The number of nitrogens with zero attached hydrogens (tertiary/aromatic N) is 1. The number of hydrogen-bond acceptors (Lipinski definition) is 5. The fourth-order valence-corrected chi connectivity index (χ4v) is 7.30. The van der Waals surface area contributed by atoms with E-state index in [9.17, 15) is 9.59 Å². The number of Topliss-reactive ketones (excluding diaryl/α,β-unsaturated/α-hetero) is 1. The Hall–Kier alpha value is -2.14. The highest BCUT2D eigenvalue weighted by atomic mass is 16.5. The van der Waals surface area contributed by atoms with Gasteiger partial charge in [0.25, 0.3) is 0 Å². The lowest BCUT2D eigenvalue weighted by Crippen LogP contribution is -2.48. The van der Waals surface area contributed by atoms with Gasteiger partial charge in [-0.3, -0.25) is 9.69 Å². The minimum Gasteiger partial charge on any atom is -0.492 e. The van der Waals surface area contributed by atoms with Gasteiger partial charge in [-0.25, -0.2) is 4.79 Å². The molecule has 152 valence electrons.